The van der Waals surface area contributed by atoms with E-state index in [4.69, 9.17) is 27.9 Å². The molecule has 3 rings (SSSR count). The van der Waals surface area contributed by atoms with Crippen molar-refractivity contribution in [2.24, 2.45) is 0 Å². The van der Waals surface area contributed by atoms with Crippen molar-refractivity contribution in [2.75, 3.05) is 6.61 Å². The first-order chi connectivity index (χ1) is 14.7. The van der Waals surface area contributed by atoms with Gasteiger partial charge in [-0.1, -0.05) is 30.1 Å². The molecule has 166 valence electrons. The first-order valence-corrected chi connectivity index (χ1v) is 10.9. The van der Waals surface area contributed by atoms with Gasteiger partial charge in [0.1, 0.15) is 17.1 Å². The van der Waals surface area contributed by atoms with Gasteiger partial charge < -0.3 is 15.4 Å². The first kappa shape index (κ1) is 23.3. The number of hydrogen-bond acceptors (Lipinski definition) is 4. The van der Waals surface area contributed by atoms with E-state index in [1.54, 1.807) is 26.0 Å². The van der Waals surface area contributed by atoms with Crippen molar-refractivity contribution in [1.82, 2.24) is 15.6 Å². The summed E-state index contributed by atoms with van der Waals surface area (Å²) in [6, 6.07) is 3.80. The van der Waals surface area contributed by atoms with Crippen LogP contribution in [0.3, 0.4) is 0 Å². The number of carbonyl (C=O) groups is 2. The molecule has 1 atom stereocenters. The highest BCUT2D eigenvalue weighted by molar-refractivity contribution is 6.36. The van der Waals surface area contributed by atoms with Gasteiger partial charge in [0.25, 0.3) is 0 Å². The fourth-order valence-corrected chi connectivity index (χ4v) is 3.82. The van der Waals surface area contributed by atoms with E-state index in [-0.39, 0.29) is 17.5 Å². The van der Waals surface area contributed by atoms with Crippen LogP contribution in [-0.2, 0) is 9.59 Å². The lowest BCUT2D eigenvalue weighted by Gasteiger charge is -2.21. The maximum atomic E-state index is 14.9. The molecule has 2 aromatic rings. The quantitative estimate of drug-likeness (QED) is 0.582. The van der Waals surface area contributed by atoms with Gasteiger partial charge in [0.05, 0.1) is 23.4 Å². The third kappa shape index (κ3) is 5.10. The molecule has 1 fully saturated rings. The van der Waals surface area contributed by atoms with E-state index in [0.29, 0.717) is 52.8 Å². The van der Waals surface area contributed by atoms with E-state index in [0.717, 1.165) is 0 Å². The molecular weight excluding hydrogens is 444 g/mol. The normalized spacial score (nSPS) is 15.2. The van der Waals surface area contributed by atoms with E-state index in [1.165, 1.54) is 12.3 Å². The van der Waals surface area contributed by atoms with Gasteiger partial charge in [-0.2, -0.15) is 0 Å². The van der Waals surface area contributed by atoms with Crippen LogP contribution in [0.2, 0.25) is 10.0 Å². The molecule has 0 bridgehead atoms. The Labute approximate surface area is 190 Å². The molecular formula is C22H24Cl2FN3O3. The van der Waals surface area contributed by atoms with Crippen LogP contribution in [0.4, 0.5) is 4.39 Å². The average Bonchev–Trinajstić information content (AvgIpc) is 3.50. The predicted octanol–water partition coefficient (Wildman–Crippen LogP) is 4.83. The number of hydrogen-bond donors (Lipinski definition) is 2. The van der Waals surface area contributed by atoms with Crippen molar-refractivity contribution in [1.29, 1.82) is 0 Å². The lowest BCUT2D eigenvalue weighted by Crippen LogP contribution is -2.49. The minimum absolute atomic E-state index is 0.0841. The van der Waals surface area contributed by atoms with E-state index < -0.39 is 17.4 Å². The zero-order chi connectivity index (χ0) is 22.8. The molecule has 1 saturated carbocycles. The topological polar surface area (TPSA) is 80.3 Å². The Bertz CT molecular complexity index is 1010. The van der Waals surface area contributed by atoms with Gasteiger partial charge in [-0.15, -0.1) is 0 Å². The Morgan fingerprint density at radius 1 is 1.26 bits per heavy atom. The number of nitrogens with zero attached hydrogens (tertiary/aromatic N) is 1. The molecule has 2 N–H and O–H groups in total. The molecule has 31 heavy (non-hydrogen) atoms. The monoisotopic (exact) mass is 467 g/mol. The van der Waals surface area contributed by atoms with Crippen LogP contribution < -0.4 is 15.4 Å². The highest BCUT2D eigenvalue weighted by atomic mass is 35.5. The summed E-state index contributed by atoms with van der Waals surface area (Å²) in [5.74, 6) is -0.732. The lowest BCUT2D eigenvalue weighted by molar-refractivity contribution is -0.130. The second-order valence-electron chi connectivity index (χ2n) is 7.47. The standard InChI is InChI=1S/C22H24Cl2FN3O3/c1-4-18(29)28-22(6-7-22)21(30)27-12(3)19-17(25)8-13(11-26-19)15-9-14(23)10-16(24)20(15)31-5-2/h8-12H,4-7H2,1-3H3,(H,27,30)(H,28,29)/t12-/m1/s1. The minimum atomic E-state index is -0.901. The number of ether oxygens (including phenoxy) is 1. The van der Waals surface area contributed by atoms with Gasteiger partial charge in [-0.05, 0) is 44.9 Å². The fraction of sp³-hybridized carbons (Fsp3) is 0.409. The fourth-order valence-electron chi connectivity index (χ4n) is 3.27. The Kier molecular flexibility index (Phi) is 7.06. The number of nitrogens with one attached hydrogen (secondary N) is 2. The lowest BCUT2D eigenvalue weighted by atomic mass is 10.0. The van der Waals surface area contributed by atoms with Crippen LogP contribution in [0.25, 0.3) is 11.1 Å². The molecule has 9 heteroatoms. The maximum absolute atomic E-state index is 14.9. The summed E-state index contributed by atoms with van der Waals surface area (Å²) in [6.07, 6.45) is 2.89. The zero-order valence-corrected chi connectivity index (χ0v) is 19.0. The predicted molar refractivity (Wildman–Crippen MR) is 118 cm³/mol. The number of carbonyl (C=O) groups excluding carboxylic acids is 2. The van der Waals surface area contributed by atoms with Crippen molar-refractivity contribution in [2.45, 2.75) is 51.6 Å². The second kappa shape index (κ2) is 9.40. The van der Waals surface area contributed by atoms with Crippen LogP contribution in [0, 0.1) is 5.82 Å². The minimum Gasteiger partial charge on any atom is -0.492 e. The highest BCUT2D eigenvalue weighted by Gasteiger charge is 2.51. The Morgan fingerprint density at radius 2 is 1.97 bits per heavy atom. The number of pyridine rings is 1. The van der Waals surface area contributed by atoms with E-state index in [9.17, 15) is 14.0 Å². The summed E-state index contributed by atoms with van der Waals surface area (Å²) in [5.41, 5.74) is 0.150. The van der Waals surface area contributed by atoms with Gasteiger partial charge in [-0.3, -0.25) is 14.6 Å². The van der Waals surface area contributed by atoms with Gasteiger partial charge in [0.2, 0.25) is 11.8 Å². The zero-order valence-electron chi connectivity index (χ0n) is 17.5. The van der Waals surface area contributed by atoms with Gasteiger partial charge >= 0.3 is 0 Å². The Balaban J connectivity index is 1.82. The third-order valence-electron chi connectivity index (χ3n) is 5.12. The van der Waals surface area contributed by atoms with E-state index >= 15 is 0 Å². The molecule has 1 aromatic heterocycles. The largest absolute Gasteiger partial charge is 0.492 e. The summed E-state index contributed by atoms with van der Waals surface area (Å²) in [4.78, 5) is 28.5. The Hall–Kier alpha value is -2.38. The summed E-state index contributed by atoms with van der Waals surface area (Å²) >= 11 is 12.4. The summed E-state index contributed by atoms with van der Waals surface area (Å²) in [7, 11) is 0. The van der Waals surface area contributed by atoms with Crippen molar-refractivity contribution in [3.63, 3.8) is 0 Å². The molecule has 0 unspecified atom stereocenters. The van der Waals surface area contributed by atoms with Crippen molar-refractivity contribution >= 4 is 35.0 Å². The molecule has 1 aliphatic carbocycles. The molecule has 0 saturated heterocycles. The molecule has 6 nitrogen and oxygen atoms in total. The number of rotatable bonds is 8. The van der Waals surface area contributed by atoms with Crippen molar-refractivity contribution in [3.8, 4) is 16.9 Å². The van der Waals surface area contributed by atoms with Crippen LogP contribution in [-0.4, -0.2) is 28.9 Å². The van der Waals surface area contributed by atoms with Gasteiger partial charge in [0, 0.05) is 28.8 Å². The summed E-state index contributed by atoms with van der Waals surface area (Å²) in [5, 5.41) is 6.20. The molecule has 0 aliphatic heterocycles. The van der Waals surface area contributed by atoms with Crippen LogP contribution in [0.5, 0.6) is 5.75 Å². The molecule has 1 aliphatic rings. The van der Waals surface area contributed by atoms with Crippen LogP contribution in [0.1, 0.15) is 51.8 Å². The summed E-state index contributed by atoms with van der Waals surface area (Å²) < 4.78 is 20.5. The molecule has 1 aromatic carbocycles. The first-order valence-electron chi connectivity index (χ1n) is 10.1. The average molecular weight is 468 g/mol. The second-order valence-corrected chi connectivity index (χ2v) is 8.31. The van der Waals surface area contributed by atoms with Gasteiger partial charge in [-0.25, -0.2) is 4.39 Å². The maximum Gasteiger partial charge on any atom is 0.246 e. The third-order valence-corrected chi connectivity index (χ3v) is 5.62. The molecule has 0 spiro atoms. The van der Waals surface area contributed by atoms with E-state index in [2.05, 4.69) is 15.6 Å². The van der Waals surface area contributed by atoms with Crippen LogP contribution >= 0.6 is 23.2 Å². The number of halogens is 3. The van der Waals surface area contributed by atoms with Crippen LogP contribution in [0.15, 0.2) is 24.4 Å². The summed E-state index contributed by atoms with van der Waals surface area (Å²) in [6.45, 7) is 5.55. The molecule has 0 radical (unpaired) electrons. The Morgan fingerprint density at radius 3 is 2.55 bits per heavy atom. The SMILES string of the molecule is CCOc1c(Cl)cc(Cl)cc1-c1cnc([C@@H](C)NC(=O)C2(NC(=O)CC)CC2)c(F)c1. The number of benzene rings is 1. The van der Waals surface area contributed by atoms with Crippen molar-refractivity contribution < 1.29 is 18.7 Å². The smallest absolute Gasteiger partial charge is 0.246 e. The van der Waals surface area contributed by atoms with Crippen molar-refractivity contribution in [3.05, 3.63) is 46.0 Å². The van der Waals surface area contributed by atoms with Gasteiger partial charge in [0.15, 0.2) is 0 Å². The molecule has 1 heterocycles. The molecule has 2 amide bonds. The number of amides is 2. The van der Waals surface area contributed by atoms with E-state index in [1.807, 2.05) is 6.92 Å². The number of aromatic nitrogens is 1. The highest BCUT2D eigenvalue weighted by Crippen LogP contribution is 2.40.